The van der Waals surface area contributed by atoms with Crippen molar-refractivity contribution < 1.29 is 14.3 Å². The number of nitrogens with zero attached hydrogens (tertiary/aromatic N) is 2. The predicted molar refractivity (Wildman–Crippen MR) is 146 cm³/mol. The van der Waals surface area contributed by atoms with Crippen LogP contribution in [0.2, 0.25) is 0 Å². The third-order valence-electron chi connectivity index (χ3n) is 5.78. The van der Waals surface area contributed by atoms with Gasteiger partial charge in [0.2, 0.25) is 0 Å². The number of amides is 1. The van der Waals surface area contributed by atoms with Crippen LogP contribution in [0, 0.1) is 27.7 Å². The summed E-state index contributed by atoms with van der Waals surface area (Å²) in [5, 5.41) is 0.640. The molecule has 4 rings (SSSR count). The molecule has 6 heteroatoms. The van der Waals surface area contributed by atoms with E-state index in [0.717, 1.165) is 39.2 Å². The summed E-state index contributed by atoms with van der Waals surface area (Å²) < 4.78 is 11.1. The minimum Gasteiger partial charge on any atom is -0.493 e. The van der Waals surface area contributed by atoms with Gasteiger partial charge in [0.15, 0.2) is 16.7 Å². The molecule has 1 saturated heterocycles. The lowest BCUT2D eigenvalue weighted by atomic mass is 10.1. The smallest absolute Gasteiger partial charge is 0.271 e. The summed E-state index contributed by atoms with van der Waals surface area (Å²) in [5.41, 5.74) is 6.85. The number of aryl methyl sites for hydroxylation is 4. The number of carbonyl (C=O) groups excluding carboxylic acids is 1. The monoisotopic (exact) mass is 486 g/mol. The highest BCUT2D eigenvalue weighted by Crippen LogP contribution is 2.40. The van der Waals surface area contributed by atoms with E-state index in [1.807, 2.05) is 77.1 Å². The summed E-state index contributed by atoms with van der Waals surface area (Å²) in [7, 11) is 1.61. The molecule has 0 bridgehead atoms. The molecule has 0 aliphatic carbocycles. The van der Waals surface area contributed by atoms with Crippen molar-refractivity contribution in [1.82, 2.24) is 0 Å². The Morgan fingerprint density at radius 3 is 2.34 bits per heavy atom. The molecule has 180 valence electrons. The van der Waals surface area contributed by atoms with Crippen molar-refractivity contribution in [3.63, 3.8) is 0 Å². The van der Waals surface area contributed by atoms with Gasteiger partial charge in [-0.15, -0.1) is 0 Å². The van der Waals surface area contributed by atoms with Crippen LogP contribution >= 0.6 is 11.8 Å². The normalized spacial score (nSPS) is 15.8. The molecule has 1 aliphatic rings. The molecule has 0 N–H and O–H groups in total. The van der Waals surface area contributed by atoms with Gasteiger partial charge in [-0.2, -0.15) is 0 Å². The number of thioether (sulfide) groups is 1. The van der Waals surface area contributed by atoms with Crippen molar-refractivity contribution >= 4 is 40.3 Å². The van der Waals surface area contributed by atoms with Gasteiger partial charge in [0.05, 0.1) is 30.0 Å². The number of amidine groups is 1. The van der Waals surface area contributed by atoms with E-state index in [0.29, 0.717) is 28.2 Å². The van der Waals surface area contributed by atoms with Crippen LogP contribution in [0.4, 0.5) is 11.4 Å². The Labute approximate surface area is 211 Å². The van der Waals surface area contributed by atoms with Gasteiger partial charge in [0.1, 0.15) is 0 Å². The molecule has 1 fully saturated rings. The lowest BCUT2D eigenvalue weighted by Crippen LogP contribution is -2.29. The summed E-state index contributed by atoms with van der Waals surface area (Å²) in [5.74, 6) is 1.21. The number of carbonyl (C=O) groups is 1. The fraction of sp³-hybridized carbons (Fsp3) is 0.241. The second-order valence-corrected chi connectivity index (χ2v) is 9.58. The maximum Gasteiger partial charge on any atom is 0.271 e. The molecular weight excluding hydrogens is 456 g/mol. The molecule has 3 aromatic rings. The topological polar surface area (TPSA) is 51.1 Å². The Morgan fingerprint density at radius 1 is 0.914 bits per heavy atom. The van der Waals surface area contributed by atoms with E-state index in [4.69, 9.17) is 14.5 Å². The maximum absolute atomic E-state index is 13.8. The molecule has 1 aliphatic heterocycles. The largest absolute Gasteiger partial charge is 0.493 e. The van der Waals surface area contributed by atoms with Crippen molar-refractivity contribution in [3.05, 3.63) is 87.3 Å². The van der Waals surface area contributed by atoms with Crippen LogP contribution in [0.3, 0.4) is 0 Å². The van der Waals surface area contributed by atoms with E-state index in [9.17, 15) is 4.79 Å². The summed E-state index contributed by atoms with van der Waals surface area (Å²) in [6.45, 7) is 10.6. The first-order valence-corrected chi connectivity index (χ1v) is 12.4. The van der Waals surface area contributed by atoms with Crippen LogP contribution < -0.4 is 14.4 Å². The van der Waals surface area contributed by atoms with Crippen molar-refractivity contribution in [3.8, 4) is 11.5 Å². The van der Waals surface area contributed by atoms with Crippen LogP contribution in [0.15, 0.2) is 64.5 Å². The van der Waals surface area contributed by atoms with Crippen molar-refractivity contribution in [2.75, 3.05) is 18.6 Å². The lowest BCUT2D eigenvalue weighted by molar-refractivity contribution is -0.113. The zero-order valence-corrected chi connectivity index (χ0v) is 21.8. The number of rotatable bonds is 6. The average molecular weight is 487 g/mol. The fourth-order valence-electron chi connectivity index (χ4n) is 3.86. The number of hydrogen-bond donors (Lipinski definition) is 0. The van der Waals surface area contributed by atoms with Gasteiger partial charge in [-0.25, -0.2) is 4.99 Å². The first-order valence-electron chi connectivity index (χ1n) is 11.6. The molecule has 0 spiro atoms. The van der Waals surface area contributed by atoms with Crippen LogP contribution in [-0.4, -0.2) is 24.8 Å². The quantitative estimate of drug-likeness (QED) is 0.348. The lowest BCUT2D eigenvalue weighted by Gasteiger charge is -2.19. The number of hydrogen-bond acceptors (Lipinski definition) is 5. The summed E-state index contributed by atoms with van der Waals surface area (Å²) in [4.78, 5) is 21.0. The molecule has 5 nitrogen and oxygen atoms in total. The van der Waals surface area contributed by atoms with Gasteiger partial charge in [-0.05, 0) is 105 Å². The molecule has 1 amide bonds. The van der Waals surface area contributed by atoms with Crippen LogP contribution in [-0.2, 0) is 4.79 Å². The van der Waals surface area contributed by atoms with E-state index in [1.54, 1.807) is 12.0 Å². The minimum atomic E-state index is -0.0967. The highest BCUT2D eigenvalue weighted by atomic mass is 32.2. The third kappa shape index (κ3) is 5.28. The van der Waals surface area contributed by atoms with Gasteiger partial charge < -0.3 is 9.47 Å². The number of methoxy groups -OCH3 is 1. The van der Waals surface area contributed by atoms with Gasteiger partial charge in [0.25, 0.3) is 5.91 Å². The molecular formula is C29H30N2O3S. The van der Waals surface area contributed by atoms with Crippen molar-refractivity contribution in [2.24, 2.45) is 4.99 Å². The highest BCUT2D eigenvalue weighted by molar-refractivity contribution is 8.19. The summed E-state index contributed by atoms with van der Waals surface area (Å²) in [6, 6.07) is 18.0. The van der Waals surface area contributed by atoms with E-state index < -0.39 is 0 Å². The SMILES string of the molecule is CCOc1ccc(/C=C2\SC(=Nc3cc(C)ccc3C)N(c3cc(C)ccc3C)C2=O)cc1OC. The standard InChI is InChI=1S/C29H30N2O3S/c1-7-34-25-13-12-22(16-26(25)33-6)17-27-28(32)31(24-15-19(3)9-11-21(24)5)29(35-27)30-23-14-18(2)8-10-20(23)4/h8-17H,7H2,1-6H3/b27-17-,30-29?. The number of benzene rings is 3. The first-order chi connectivity index (χ1) is 16.8. The van der Waals surface area contributed by atoms with Crippen molar-refractivity contribution in [2.45, 2.75) is 34.6 Å². The summed E-state index contributed by atoms with van der Waals surface area (Å²) in [6.07, 6.45) is 1.88. The number of ether oxygens (including phenoxy) is 2. The molecule has 35 heavy (non-hydrogen) atoms. The highest BCUT2D eigenvalue weighted by Gasteiger charge is 2.35. The number of aliphatic imine (C=N–C) groups is 1. The van der Waals surface area contributed by atoms with E-state index >= 15 is 0 Å². The minimum absolute atomic E-state index is 0.0967. The average Bonchev–Trinajstić information content (AvgIpc) is 3.13. The van der Waals surface area contributed by atoms with Gasteiger partial charge >= 0.3 is 0 Å². The Hall–Kier alpha value is -3.51. The van der Waals surface area contributed by atoms with E-state index in [2.05, 4.69) is 18.2 Å². The van der Waals surface area contributed by atoms with E-state index in [-0.39, 0.29) is 5.91 Å². The molecule has 0 saturated carbocycles. The molecule has 0 radical (unpaired) electrons. The Kier molecular flexibility index (Phi) is 7.31. The first kappa shape index (κ1) is 24.6. The second-order valence-electron chi connectivity index (χ2n) is 8.57. The second kappa shape index (κ2) is 10.4. The Morgan fingerprint density at radius 2 is 1.63 bits per heavy atom. The zero-order valence-electron chi connectivity index (χ0n) is 21.0. The van der Waals surface area contributed by atoms with Crippen LogP contribution in [0.1, 0.15) is 34.7 Å². The summed E-state index contributed by atoms with van der Waals surface area (Å²) >= 11 is 1.38. The van der Waals surface area contributed by atoms with Gasteiger partial charge in [-0.3, -0.25) is 9.69 Å². The van der Waals surface area contributed by atoms with Gasteiger partial charge in [0, 0.05) is 0 Å². The van der Waals surface area contributed by atoms with Gasteiger partial charge in [-0.1, -0.05) is 30.3 Å². The molecule has 0 aromatic heterocycles. The Bertz CT molecular complexity index is 1340. The molecule has 0 unspecified atom stereocenters. The maximum atomic E-state index is 13.8. The van der Waals surface area contributed by atoms with Crippen molar-refractivity contribution in [1.29, 1.82) is 0 Å². The Balaban J connectivity index is 1.82. The fourth-order valence-corrected chi connectivity index (χ4v) is 4.85. The predicted octanol–water partition coefficient (Wildman–Crippen LogP) is 7.14. The van der Waals surface area contributed by atoms with Crippen LogP contribution in [0.5, 0.6) is 11.5 Å². The molecule has 0 atom stereocenters. The molecule has 1 heterocycles. The third-order valence-corrected chi connectivity index (χ3v) is 6.75. The molecule has 3 aromatic carbocycles. The van der Waals surface area contributed by atoms with Crippen LogP contribution in [0.25, 0.3) is 6.08 Å². The zero-order chi connectivity index (χ0) is 25.1. The van der Waals surface area contributed by atoms with E-state index in [1.165, 1.54) is 11.8 Å². The number of anilines is 1.